The highest BCUT2D eigenvalue weighted by Gasteiger charge is 2.17. The fraction of sp³-hybridized carbons (Fsp3) is 0.231. The maximum atomic E-state index is 11.7. The Labute approximate surface area is 115 Å². The molecule has 0 aliphatic rings. The van der Waals surface area contributed by atoms with Gasteiger partial charge in [0.05, 0.1) is 7.11 Å². The molecule has 0 spiro atoms. The minimum absolute atomic E-state index is 0.0154. The molecule has 0 heterocycles. The van der Waals surface area contributed by atoms with E-state index in [1.54, 1.807) is 25.1 Å². The van der Waals surface area contributed by atoms with Gasteiger partial charge in [-0.25, -0.2) is 4.79 Å². The van der Waals surface area contributed by atoms with E-state index in [2.05, 4.69) is 4.74 Å². The minimum atomic E-state index is -0.669. The number of hydrogen-bond acceptors (Lipinski definition) is 3. The van der Waals surface area contributed by atoms with Crippen LogP contribution in [0.2, 0.25) is 10.0 Å². The average molecular weight is 287 g/mol. The second-order valence-electron chi connectivity index (χ2n) is 3.53. The third-order valence-electron chi connectivity index (χ3n) is 2.22. The molecule has 0 aromatic heterocycles. The second-order valence-corrected chi connectivity index (χ2v) is 4.40. The van der Waals surface area contributed by atoms with Crippen LogP contribution in [0.25, 0.3) is 6.08 Å². The zero-order valence-electron chi connectivity index (χ0n) is 10.00. The van der Waals surface area contributed by atoms with Crippen LogP contribution in [0.4, 0.5) is 0 Å². The van der Waals surface area contributed by atoms with Crippen molar-refractivity contribution in [3.05, 3.63) is 39.4 Å². The largest absolute Gasteiger partial charge is 0.465 e. The number of ketones is 1. The van der Waals surface area contributed by atoms with Crippen LogP contribution in [0.15, 0.2) is 23.8 Å². The highest BCUT2D eigenvalue weighted by atomic mass is 35.5. The van der Waals surface area contributed by atoms with Crippen LogP contribution in [0.3, 0.4) is 0 Å². The highest BCUT2D eigenvalue weighted by Crippen LogP contribution is 2.21. The van der Waals surface area contributed by atoms with Gasteiger partial charge in [0, 0.05) is 16.5 Å². The first kappa shape index (κ1) is 14.7. The van der Waals surface area contributed by atoms with E-state index in [1.165, 1.54) is 13.2 Å². The van der Waals surface area contributed by atoms with Crippen molar-refractivity contribution >= 4 is 41.0 Å². The number of esters is 1. The van der Waals surface area contributed by atoms with Gasteiger partial charge in [0.15, 0.2) is 5.78 Å². The molecule has 0 atom stereocenters. The van der Waals surface area contributed by atoms with Crippen molar-refractivity contribution in [2.75, 3.05) is 7.11 Å². The lowest BCUT2D eigenvalue weighted by Crippen LogP contribution is -2.13. The first-order valence-electron chi connectivity index (χ1n) is 5.27. The van der Waals surface area contributed by atoms with Crippen LogP contribution in [0, 0.1) is 0 Å². The van der Waals surface area contributed by atoms with E-state index in [1.807, 2.05) is 0 Å². The maximum Gasteiger partial charge on any atom is 0.341 e. The van der Waals surface area contributed by atoms with Gasteiger partial charge in [-0.05, 0) is 29.8 Å². The van der Waals surface area contributed by atoms with E-state index >= 15 is 0 Å². The molecule has 0 amide bonds. The van der Waals surface area contributed by atoms with E-state index < -0.39 is 5.97 Å². The molecule has 0 saturated heterocycles. The van der Waals surface area contributed by atoms with Gasteiger partial charge < -0.3 is 4.74 Å². The molecule has 96 valence electrons. The summed E-state index contributed by atoms with van der Waals surface area (Å²) in [6, 6.07) is 4.79. The number of halogens is 2. The van der Waals surface area contributed by atoms with Crippen molar-refractivity contribution < 1.29 is 14.3 Å². The number of carbonyl (C=O) groups is 2. The Bertz CT molecular complexity index is 469. The molecule has 0 aliphatic heterocycles. The van der Waals surface area contributed by atoms with E-state index in [4.69, 9.17) is 23.2 Å². The fourth-order valence-electron chi connectivity index (χ4n) is 1.38. The first-order chi connectivity index (χ1) is 8.47. The molecule has 0 bridgehead atoms. The van der Waals surface area contributed by atoms with Gasteiger partial charge in [-0.1, -0.05) is 30.1 Å². The summed E-state index contributed by atoms with van der Waals surface area (Å²) in [4.78, 5) is 23.2. The lowest BCUT2D eigenvalue weighted by Gasteiger charge is -2.04. The van der Waals surface area contributed by atoms with Gasteiger partial charge in [-0.3, -0.25) is 4.79 Å². The van der Waals surface area contributed by atoms with Gasteiger partial charge in [0.2, 0.25) is 0 Å². The van der Waals surface area contributed by atoms with Gasteiger partial charge in [0.25, 0.3) is 0 Å². The van der Waals surface area contributed by atoms with Crippen LogP contribution < -0.4 is 0 Å². The number of carbonyl (C=O) groups excluding carboxylic acids is 2. The van der Waals surface area contributed by atoms with Crippen LogP contribution >= 0.6 is 23.2 Å². The predicted molar refractivity (Wildman–Crippen MR) is 71.8 cm³/mol. The van der Waals surface area contributed by atoms with Crippen LogP contribution in [0.5, 0.6) is 0 Å². The van der Waals surface area contributed by atoms with Crippen molar-refractivity contribution in [2.24, 2.45) is 0 Å². The van der Waals surface area contributed by atoms with Crippen molar-refractivity contribution in [1.29, 1.82) is 0 Å². The predicted octanol–water partition coefficient (Wildman–Crippen LogP) is 3.53. The first-order valence-corrected chi connectivity index (χ1v) is 6.02. The molecule has 1 aromatic rings. The molecule has 0 radical (unpaired) electrons. The lowest BCUT2D eigenvalue weighted by atomic mass is 10.1. The van der Waals surface area contributed by atoms with Gasteiger partial charge >= 0.3 is 5.97 Å². The van der Waals surface area contributed by atoms with Gasteiger partial charge in [-0.2, -0.15) is 0 Å². The van der Waals surface area contributed by atoms with Crippen molar-refractivity contribution in [1.82, 2.24) is 0 Å². The molecule has 1 aromatic carbocycles. The van der Waals surface area contributed by atoms with E-state index in [9.17, 15) is 9.59 Å². The number of ether oxygens (including phenoxy) is 1. The molecule has 3 nitrogen and oxygen atoms in total. The standard InChI is InChI=1S/C13H12Cl2O3/c1-3-12(16)11(13(17)18-2)6-8-4-9(14)7-10(15)5-8/h4-7H,3H2,1-2H3. The quantitative estimate of drug-likeness (QED) is 0.368. The number of benzene rings is 1. The Kier molecular flexibility index (Phi) is 5.38. The highest BCUT2D eigenvalue weighted by molar-refractivity contribution is 6.35. The summed E-state index contributed by atoms with van der Waals surface area (Å²) in [5, 5.41) is 0.865. The SMILES string of the molecule is CCC(=O)C(=Cc1cc(Cl)cc(Cl)c1)C(=O)OC. The van der Waals surface area contributed by atoms with Crippen LogP contribution in [0.1, 0.15) is 18.9 Å². The fourth-order valence-corrected chi connectivity index (χ4v) is 1.92. The van der Waals surface area contributed by atoms with Gasteiger partial charge in [0.1, 0.15) is 5.57 Å². The summed E-state index contributed by atoms with van der Waals surface area (Å²) in [6.07, 6.45) is 1.64. The third kappa shape index (κ3) is 3.86. The Balaban J connectivity index is 3.22. The Hall–Kier alpha value is -1.32. The summed E-state index contributed by atoms with van der Waals surface area (Å²) in [5.74, 6) is -0.962. The molecular formula is C13H12Cl2O3. The molecule has 0 saturated carbocycles. The molecule has 0 unspecified atom stereocenters. The Morgan fingerprint density at radius 3 is 2.22 bits per heavy atom. The van der Waals surface area contributed by atoms with E-state index in [0.29, 0.717) is 15.6 Å². The smallest absolute Gasteiger partial charge is 0.341 e. The summed E-state index contributed by atoms with van der Waals surface area (Å²) in [5.41, 5.74) is 0.563. The summed E-state index contributed by atoms with van der Waals surface area (Å²) >= 11 is 11.7. The van der Waals surface area contributed by atoms with Gasteiger partial charge in [-0.15, -0.1) is 0 Å². The average Bonchev–Trinajstić information content (AvgIpc) is 2.33. The second kappa shape index (κ2) is 6.57. The van der Waals surface area contributed by atoms with E-state index in [0.717, 1.165) is 0 Å². The lowest BCUT2D eigenvalue weighted by molar-refractivity contribution is -0.137. The molecule has 0 fully saturated rings. The monoisotopic (exact) mass is 286 g/mol. The summed E-state index contributed by atoms with van der Waals surface area (Å²) in [6.45, 7) is 1.67. The third-order valence-corrected chi connectivity index (χ3v) is 2.66. The Morgan fingerprint density at radius 2 is 1.78 bits per heavy atom. The van der Waals surface area contributed by atoms with Crippen LogP contribution in [-0.4, -0.2) is 18.9 Å². The minimum Gasteiger partial charge on any atom is -0.465 e. The Morgan fingerprint density at radius 1 is 1.22 bits per heavy atom. The summed E-state index contributed by atoms with van der Waals surface area (Å²) < 4.78 is 4.57. The summed E-state index contributed by atoms with van der Waals surface area (Å²) in [7, 11) is 1.23. The van der Waals surface area contributed by atoms with Crippen molar-refractivity contribution in [3.8, 4) is 0 Å². The normalized spacial score (nSPS) is 11.2. The van der Waals surface area contributed by atoms with Crippen LogP contribution in [-0.2, 0) is 14.3 Å². The van der Waals surface area contributed by atoms with E-state index in [-0.39, 0.29) is 17.8 Å². The molecular weight excluding hydrogens is 275 g/mol. The topological polar surface area (TPSA) is 43.4 Å². The number of hydrogen-bond donors (Lipinski definition) is 0. The number of methoxy groups -OCH3 is 1. The maximum absolute atomic E-state index is 11.7. The molecule has 0 N–H and O–H groups in total. The molecule has 0 aliphatic carbocycles. The number of Topliss-reactive ketones (excluding diaryl/α,β-unsaturated/α-hetero) is 1. The molecule has 18 heavy (non-hydrogen) atoms. The molecule has 5 heteroatoms. The zero-order valence-corrected chi connectivity index (χ0v) is 11.5. The zero-order chi connectivity index (χ0) is 13.7. The van der Waals surface area contributed by atoms with Crippen molar-refractivity contribution in [3.63, 3.8) is 0 Å². The molecule has 1 rings (SSSR count). The van der Waals surface area contributed by atoms with Crippen molar-refractivity contribution in [2.45, 2.75) is 13.3 Å². The number of rotatable bonds is 4.